The summed E-state index contributed by atoms with van der Waals surface area (Å²) in [6, 6.07) is 0. The number of nitrogens with zero attached hydrogens (tertiary/aromatic N) is 3. The topological polar surface area (TPSA) is 45.6 Å². The van der Waals surface area contributed by atoms with Crippen LogP contribution in [0.2, 0.25) is 5.15 Å². The van der Waals surface area contributed by atoms with Crippen LogP contribution in [0.5, 0.6) is 0 Å². The summed E-state index contributed by atoms with van der Waals surface area (Å²) in [5, 5.41) is 1.96. The number of amides is 1. The Labute approximate surface area is 137 Å². The van der Waals surface area contributed by atoms with E-state index in [2.05, 4.69) is 16.1 Å². The molecule has 1 aromatic heterocycles. The zero-order chi connectivity index (χ0) is 14.8. The van der Waals surface area contributed by atoms with Crippen LogP contribution in [0.1, 0.15) is 17.8 Å². The third kappa shape index (κ3) is 3.17. The highest BCUT2D eigenvalue weighted by Gasteiger charge is 2.29. The molecule has 7 heteroatoms. The molecule has 21 heavy (non-hydrogen) atoms. The normalized spacial score (nSPS) is 21.4. The number of dihydropyridines is 1. The van der Waals surface area contributed by atoms with E-state index in [1.165, 1.54) is 11.3 Å². The summed E-state index contributed by atoms with van der Waals surface area (Å²) in [5.41, 5.74) is 0.997. The maximum absolute atomic E-state index is 12.5. The van der Waals surface area contributed by atoms with Crippen LogP contribution >= 0.6 is 34.7 Å². The van der Waals surface area contributed by atoms with Crippen LogP contribution in [0, 0.1) is 5.92 Å². The highest BCUT2D eigenvalue weighted by atomic mass is 35.5. The Kier molecular flexibility index (Phi) is 4.66. The number of thioether (sulfide) groups is 1. The van der Waals surface area contributed by atoms with Crippen LogP contribution in [0.15, 0.2) is 11.1 Å². The Balaban J connectivity index is 1.81. The van der Waals surface area contributed by atoms with Gasteiger partial charge in [-0.25, -0.2) is 4.98 Å². The number of hydrogen-bond acceptors (Lipinski definition) is 5. The van der Waals surface area contributed by atoms with Crippen molar-refractivity contribution in [3.8, 4) is 0 Å². The second-order valence-corrected chi connectivity index (χ2v) is 7.54. The van der Waals surface area contributed by atoms with Crippen LogP contribution in [-0.2, 0) is 4.79 Å². The Morgan fingerprint density at radius 2 is 2.38 bits per heavy atom. The number of allylic oxidation sites excluding steroid dienone is 1. The molecule has 1 amide bonds. The number of carbonyl (C=O) groups excluding carboxylic acids is 1. The fraction of sp³-hybridized carbons (Fsp3) is 0.500. The molecule has 0 aliphatic carbocycles. The fourth-order valence-corrected chi connectivity index (χ4v) is 4.90. The van der Waals surface area contributed by atoms with Gasteiger partial charge in [0.25, 0.3) is 0 Å². The van der Waals surface area contributed by atoms with Gasteiger partial charge in [0.2, 0.25) is 5.91 Å². The molecule has 1 unspecified atom stereocenters. The van der Waals surface area contributed by atoms with Crippen molar-refractivity contribution in [2.75, 3.05) is 30.0 Å². The van der Waals surface area contributed by atoms with E-state index >= 15 is 0 Å². The van der Waals surface area contributed by atoms with Gasteiger partial charge in [-0.05, 0) is 18.6 Å². The van der Waals surface area contributed by atoms with Gasteiger partial charge in [0.1, 0.15) is 10.0 Å². The van der Waals surface area contributed by atoms with Crippen molar-refractivity contribution in [2.24, 2.45) is 10.9 Å². The molecule has 0 N–H and O–H groups in total. The van der Waals surface area contributed by atoms with Gasteiger partial charge in [-0.15, -0.1) is 0 Å². The molecule has 112 valence electrons. The van der Waals surface area contributed by atoms with Gasteiger partial charge in [0, 0.05) is 37.1 Å². The highest BCUT2D eigenvalue weighted by Crippen LogP contribution is 2.37. The minimum atomic E-state index is 0.108. The second kappa shape index (κ2) is 6.50. The zero-order valence-corrected chi connectivity index (χ0v) is 14.1. The molecule has 1 aromatic rings. The number of rotatable bonds is 3. The molecule has 2 aliphatic heterocycles. The van der Waals surface area contributed by atoms with Crippen molar-refractivity contribution in [3.05, 3.63) is 16.2 Å². The Hall–Kier alpha value is -0.850. The van der Waals surface area contributed by atoms with Crippen LogP contribution in [0.4, 0.5) is 5.00 Å². The molecule has 1 atom stereocenters. The predicted octanol–water partition coefficient (Wildman–Crippen LogP) is 3.37. The Morgan fingerprint density at radius 3 is 3.05 bits per heavy atom. The van der Waals surface area contributed by atoms with Crippen LogP contribution in [0.3, 0.4) is 0 Å². The summed E-state index contributed by atoms with van der Waals surface area (Å²) in [4.78, 5) is 22.8. The lowest BCUT2D eigenvalue weighted by Gasteiger charge is -2.18. The van der Waals surface area contributed by atoms with E-state index in [9.17, 15) is 4.79 Å². The third-order valence-electron chi connectivity index (χ3n) is 3.58. The molecule has 0 saturated carbocycles. The minimum absolute atomic E-state index is 0.108. The van der Waals surface area contributed by atoms with E-state index in [0.717, 1.165) is 46.5 Å². The van der Waals surface area contributed by atoms with E-state index in [1.807, 2.05) is 18.0 Å². The standard InChI is InChI=1S/C14H16ClN3OS2/c1-18(13(19)10-4-6-20-8-10)14-11(15)17-12(21-14)9-3-2-5-16-7-9/h3,7,10H,2,4-6,8H2,1H3. The van der Waals surface area contributed by atoms with Crippen LogP contribution in [-0.4, -0.2) is 42.2 Å². The molecule has 0 aromatic carbocycles. The second-order valence-electron chi connectivity index (χ2n) is 5.06. The van der Waals surface area contributed by atoms with E-state index in [-0.39, 0.29) is 11.8 Å². The molecule has 1 fully saturated rings. The Bertz CT molecular complexity index is 605. The molecule has 1 saturated heterocycles. The number of anilines is 1. The largest absolute Gasteiger partial charge is 0.304 e. The maximum Gasteiger partial charge on any atom is 0.231 e. The quantitative estimate of drug-likeness (QED) is 0.846. The fourth-order valence-electron chi connectivity index (χ4n) is 2.38. The lowest BCUT2D eigenvalue weighted by molar-refractivity contribution is -0.121. The smallest absolute Gasteiger partial charge is 0.231 e. The van der Waals surface area contributed by atoms with Crippen molar-refractivity contribution in [1.29, 1.82) is 0 Å². The number of thiazole rings is 1. The first-order chi connectivity index (χ1) is 10.2. The van der Waals surface area contributed by atoms with Gasteiger partial charge in [-0.1, -0.05) is 29.0 Å². The van der Waals surface area contributed by atoms with Crippen molar-refractivity contribution in [2.45, 2.75) is 12.8 Å². The predicted molar refractivity (Wildman–Crippen MR) is 91.9 cm³/mol. The van der Waals surface area contributed by atoms with Crippen molar-refractivity contribution >= 4 is 57.4 Å². The maximum atomic E-state index is 12.5. The summed E-state index contributed by atoms with van der Waals surface area (Å²) in [6.07, 6.45) is 5.82. The van der Waals surface area contributed by atoms with Crippen molar-refractivity contribution < 1.29 is 4.79 Å². The molecule has 3 heterocycles. The molecule has 4 nitrogen and oxygen atoms in total. The molecule has 0 bridgehead atoms. The Morgan fingerprint density at radius 1 is 1.52 bits per heavy atom. The lowest BCUT2D eigenvalue weighted by Crippen LogP contribution is -2.32. The molecule has 0 radical (unpaired) electrons. The third-order valence-corrected chi connectivity index (χ3v) is 6.30. The van der Waals surface area contributed by atoms with Crippen molar-refractivity contribution in [1.82, 2.24) is 4.98 Å². The number of carbonyl (C=O) groups is 1. The number of halogens is 1. The van der Waals surface area contributed by atoms with Gasteiger partial charge in [0.15, 0.2) is 5.15 Å². The van der Waals surface area contributed by atoms with Gasteiger partial charge >= 0.3 is 0 Å². The van der Waals surface area contributed by atoms with E-state index in [4.69, 9.17) is 11.6 Å². The first-order valence-corrected chi connectivity index (χ1v) is 9.23. The monoisotopic (exact) mass is 341 g/mol. The van der Waals surface area contributed by atoms with E-state index in [1.54, 1.807) is 11.9 Å². The first kappa shape index (κ1) is 15.1. The van der Waals surface area contributed by atoms with Crippen LogP contribution in [0.25, 0.3) is 5.57 Å². The van der Waals surface area contributed by atoms with E-state index < -0.39 is 0 Å². The number of aliphatic imine (C=N–C) groups is 1. The zero-order valence-electron chi connectivity index (χ0n) is 11.7. The molecular formula is C14H16ClN3OS2. The van der Waals surface area contributed by atoms with E-state index in [0.29, 0.717) is 5.15 Å². The summed E-state index contributed by atoms with van der Waals surface area (Å²) < 4.78 is 0. The summed E-state index contributed by atoms with van der Waals surface area (Å²) in [6.45, 7) is 0.827. The first-order valence-electron chi connectivity index (χ1n) is 6.89. The molecule has 0 spiro atoms. The number of aromatic nitrogens is 1. The SMILES string of the molecule is CN(C(=O)C1CCSC1)c1sc(C2=CCCN=C2)nc1Cl. The number of hydrogen-bond donors (Lipinski definition) is 0. The van der Waals surface area contributed by atoms with Crippen LogP contribution < -0.4 is 4.90 Å². The lowest BCUT2D eigenvalue weighted by atomic mass is 10.1. The average Bonchev–Trinajstić information content (AvgIpc) is 3.16. The summed E-state index contributed by atoms with van der Waals surface area (Å²) in [7, 11) is 1.79. The van der Waals surface area contributed by atoms with Gasteiger partial charge in [-0.2, -0.15) is 11.8 Å². The van der Waals surface area contributed by atoms with Gasteiger partial charge in [0.05, 0.1) is 0 Å². The highest BCUT2D eigenvalue weighted by molar-refractivity contribution is 7.99. The molecule has 2 aliphatic rings. The molecule has 3 rings (SSSR count). The average molecular weight is 342 g/mol. The minimum Gasteiger partial charge on any atom is -0.304 e. The van der Waals surface area contributed by atoms with Gasteiger partial charge in [-0.3, -0.25) is 9.79 Å². The summed E-state index contributed by atoms with van der Waals surface area (Å²) in [5.74, 6) is 2.22. The van der Waals surface area contributed by atoms with Crippen molar-refractivity contribution in [3.63, 3.8) is 0 Å². The van der Waals surface area contributed by atoms with Gasteiger partial charge < -0.3 is 4.90 Å². The summed E-state index contributed by atoms with van der Waals surface area (Å²) >= 11 is 9.53. The molecular weight excluding hydrogens is 326 g/mol.